The van der Waals surface area contributed by atoms with Crippen molar-refractivity contribution in [3.05, 3.63) is 64.2 Å². The normalized spacial score (nSPS) is 17.4. The molecular weight excluding hydrogens is 324 g/mol. The third kappa shape index (κ3) is 3.55. The minimum atomic E-state index is -0.777. The Morgan fingerprint density at radius 3 is 2.54 bits per heavy atom. The zero-order valence-corrected chi connectivity index (χ0v) is 14.6. The maximum absolute atomic E-state index is 11.7. The summed E-state index contributed by atoms with van der Waals surface area (Å²) in [5.41, 5.74) is 4.43. The van der Waals surface area contributed by atoms with Crippen LogP contribution in [0.2, 0.25) is 5.02 Å². The van der Waals surface area contributed by atoms with E-state index in [0.717, 1.165) is 22.4 Å². The molecule has 0 aliphatic carbocycles. The number of fused-ring (bicyclic) bond motifs is 1. The van der Waals surface area contributed by atoms with Gasteiger partial charge in [0.25, 0.3) is 0 Å². The first-order valence-corrected chi connectivity index (χ1v) is 8.32. The summed E-state index contributed by atoms with van der Waals surface area (Å²) in [6.07, 6.45) is 0.512. The van der Waals surface area contributed by atoms with Crippen LogP contribution in [0.25, 0.3) is 0 Å². The largest absolute Gasteiger partial charge is 0.480 e. The highest BCUT2D eigenvalue weighted by molar-refractivity contribution is 6.30. The van der Waals surface area contributed by atoms with Gasteiger partial charge in [0, 0.05) is 37.9 Å². The van der Waals surface area contributed by atoms with Gasteiger partial charge in [-0.1, -0.05) is 29.8 Å². The van der Waals surface area contributed by atoms with Crippen molar-refractivity contribution in [3.8, 4) is 0 Å². The summed E-state index contributed by atoms with van der Waals surface area (Å²) in [5, 5.41) is 10.3. The van der Waals surface area contributed by atoms with E-state index >= 15 is 0 Å². The fraction of sp³-hybridized carbons (Fsp3) is 0.316. The van der Waals surface area contributed by atoms with Crippen molar-refractivity contribution in [2.24, 2.45) is 0 Å². The summed E-state index contributed by atoms with van der Waals surface area (Å²) < 4.78 is 0. The zero-order chi connectivity index (χ0) is 17.3. The third-order valence-electron chi connectivity index (χ3n) is 4.52. The molecule has 0 saturated heterocycles. The molecule has 2 aromatic rings. The van der Waals surface area contributed by atoms with Crippen molar-refractivity contribution >= 4 is 23.3 Å². The van der Waals surface area contributed by atoms with Crippen molar-refractivity contribution in [1.29, 1.82) is 0 Å². The predicted molar refractivity (Wildman–Crippen MR) is 96.6 cm³/mol. The molecule has 1 aliphatic rings. The maximum Gasteiger partial charge on any atom is 0.321 e. The molecule has 1 aliphatic heterocycles. The van der Waals surface area contributed by atoms with Crippen LogP contribution in [-0.2, 0) is 24.3 Å². The first-order valence-electron chi connectivity index (χ1n) is 7.94. The molecule has 5 heteroatoms. The average Bonchev–Trinajstić information content (AvgIpc) is 2.54. The lowest BCUT2D eigenvalue weighted by Crippen LogP contribution is -2.45. The Bertz CT molecular complexity index is 744. The van der Waals surface area contributed by atoms with Gasteiger partial charge in [0.05, 0.1) is 0 Å². The third-order valence-corrected chi connectivity index (χ3v) is 4.75. The molecule has 0 spiro atoms. The highest BCUT2D eigenvalue weighted by Crippen LogP contribution is 2.28. The summed E-state index contributed by atoms with van der Waals surface area (Å²) in [4.78, 5) is 15.8. The number of benzene rings is 2. The molecule has 1 heterocycles. The van der Waals surface area contributed by atoms with Crippen LogP contribution in [0.15, 0.2) is 42.5 Å². The predicted octanol–water partition coefficient (Wildman–Crippen LogP) is 3.42. The van der Waals surface area contributed by atoms with Gasteiger partial charge in [-0.15, -0.1) is 0 Å². The number of carboxylic acid groups (broad SMARTS) is 1. The van der Waals surface area contributed by atoms with Crippen molar-refractivity contribution in [3.63, 3.8) is 0 Å². The van der Waals surface area contributed by atoms with Gasteiger partial charge in [-0.25, -0.2) is 0 Å². The number of nitrogens with zero attached hydrogens (tertiary/aromatic N) is 2. The fourth-order valence-electron chi connectivity index (χ4n) is 3.15. The number of aliphatic carboxylic acids is 1. The summed E-state index contributed by atoms with van der Waals surface area (Å²) in [7, 11) is 4.00. The average molecular weight is 345 g/mol. The second kappa shape index (κ2) is 6.83. The molecule has 3 rings (SSSR count). The van der Waals surface area contributed by atoms with Gasteiger partial charge in [-0.3, -0.25) is 9.69 Å². The lowest BCUT2D eigenvalue weighted by atomic mass is 9.93. The minimum Gasteiger partial charge on any atom is -0.480 e. The monoisotopic (exact) mass is 344 g/mol. The number of hydrogen-bond acceptors (Lipinski definition) is 3. The zero-order valence-electron chi connectivity index (χ0n) is 13.9. The van der Waals surface area contributed by atoms with E-state index in [2.05, 4.69) is 24.3 Å². The summed E-state index contributed by atoms with van der Waals surface area (Å²) in [5.74, 6) is -0.777. The topological polar surface area (TPSA) is 43.8 Å². The first-order chi connectivity index (χ1) is 11.4. The quantitative estimate of drug-likeness (QED) is 0.923. The molecule has 0 saturated carbocycles. The lowest BCUT2D eigenvalue weighted by Gasteiger charge is -2.34. The van der Waals surface area contributed by atoms with Gasteiger partial charge >= 0.3 is 5.97 Å². The van der Waals surface area contributed by atoms with E-state index < -0.39 is 12.0 Å². The highest BCUT2D eigenvalue weighted by Gasteiger charge is 2.31. The standard InChI is InChI=1S/C19H21ClN2O2/c1-21(2)17-7-3-13(4-8-17)11-22-12-15-9-16(20)6-5-14(15)10-18(22)19(23)24/h3-9,18H,10-12H2,1-2H3,(H,23,24)/t18-/m0/s1. The molecule has 1 atom stereocenters. The Morgan fingerprint density at radius 2 is 1.92 bits per heavy atom. The molecule has 0 fully saturated rings. The molecule has 2 aromatic carbocycles. The van der Waals surface area contributed by atoms with E-state index in [4.69, 9.17) is 11.6 Å². The van der Waals surface area contributed by atoms with Crippen LogP contribution in [0.5, 0.6) is 0 Å². The van der Waals surface area contributed by atoms with Gasteiger partial charge in [0.1, 0.15) is 6.04 Å². The number of carbonyl (C=O) groups is 1. The smallest absolute Gasteiger partial charge is 0.321 e. The van der Waals surface area contributed by atoms with Crippen molar-refractivity contribution < 1.29 is 9.90 Å². The van der Waals surface area contributed by atoms with Crippen molar-refractivity contribution in [2.75, 3.05) is 19.0 Å². The Kier molecular flexibility index (Phi) is 4.78. The van der Waals surface area contributed by atoms with Crippen LogP contribution in [-0.4, -0.2) is 36.1 Å². The lowest BCUT2D eigenvalue weighted by molar-refractivity contribution is -0.144. The van der Waals surface area contributed by atoms with Gasteiger partial charge in [0.2, 0.25) is 0 Å². The van der Waals surface area contributed by atoms with E-state index in [9.17, 15) is 9.90 Å². The molecule has 0 amide bonds. The van der Waals surface area contributed by atoms with Crippen LogP contribution in [0.4, 0.5) is 5.69 Å². The highest BCUT2D eigenvalue weighted by atomic mass is 35.5. The second-order valence-corrected chi connectivity index (χ2v) is 6.87. The van der Waals surface area contributed by atoms with Crippen LogP contribution >= 0.6 is 11.6 Å². The molecule has 24 heavy (non-hydrogen) atoms. The summed E-state index contributed by atoms with van der Waals surface area (Å²) in [6.45, 7) is 1.21. The van der Waals surface area contributed by atoms with E-state index in [-0.39, 0.29) is 0 Å². The van der Waals surface area contributed by atoms with Gasteiger partial charge in [-0.05, 0) is 47.4 Å². The number of halogens is 1. The molecular formula is C19H21ClN2O2. The molecule has 1 N–H and O–H groups in total. The van der Waals surface area contributed by atoms with Crippen LogP contribution < -0.4 is 4.90 Å². The van der Waals surface area contributed by atoms with Crippen LogP contribution in [0.1, 0.15) is 16.7 Å². The van der Waals surface area contributed by atoms with Gasteiger partial charge in [-0.2, -0.15) is 0 Å². The maximum atomic E-state index is 11.7. The molecule has 0 unspecified atom stereocenters. The number of anilines is 1. The summed E-state index contributed by atoms with van der Waals surface area (Å²) in [6, 6.07) is 13.4. The van der Waals surface area contributed by atoms with E-state index in [1.807, 2.05) is 42.1 Å². The van der Waals surface area contributed by atoms with Crippen LogP contribution in [0, 0.1) is 0 Å². The van der Waals surface area contributed by atoms with Crippen LogP contribution in [0.3, 0.4) is 0 Å². The van der Waals surface area contributed by atoms with Gasteiger partial charge in [0.15, 0.2) is 0 Å². The Labute approximate surface area is 147 Å². The molecule has 0 radical (unpaired) electrons. The molecule has 0 bridgehead atoms. The fourth-order valence-corrected chi connectivity index (χ4v) is 3.35. The van der Waals surface area contributed by atoms with E-state index in [0.29, 0.717) is 24.5 Å². The first kappa shape index (κ1) is 16.8. The summed E-state index contributed by atoms with van der Waals surface area (Å²) >= 11 is 6.09. The van der Waals surface area contributed by atoms with Gasteiger partial charge < -0.3 is 10.0 Å². The Balaban J connectivity index is 1.83. The minimum absolute atomic E-state index is 0.507. The van der Waals surface area contributed by atoms with E-state index in [1.54, 1.807) is 0 Å². The van der Waals surface area contributed by atoms with E-state index in [1.165, 1.54) is 0 Å². The van der Waals surface area contributed by atoms with Crippen molar-refractivity contribution in [2.45, 2.75) is 25.6 Å². The molecule has 126 valence electrons. The number of carboxylic acids is 1. The Hall–Kier alpha value is -2.04. The Morgan fingerprint density at radius 1 is 1.21 bits per heavy atom. The number of rotatable bonds is 4. The molecule has 4 nitrogen and oxygen atoms in total. The molecule has 0 aromatic heterocycles. The van der Waals surface area contributed by atoms with Crippen molar-refractivity contribution in [1.82, 2.24) is 4.90 Å². The second-order valence-electron chi connectivity index (χ2n) is 6.44. The number of hydrogen-bond donors (Lipinski definition) is 1. The SMILES string of the molecule is CN(C)c1ccc(CN2Cc3cc(Cl)ccc3C[C@H]2C(=O)O)cc1.